The summed E-state index contributed by atoms with van der Waals surface area (Å²) in [5.74, 6) is -2.42. The Labute approximate surface area is 164 Å². The van der Waals surface area contributed by atoms with E-state index >= 15 is 0 Å². The monoisotopic (exact) mass is 398 g/mol. The zero-order valence-electron chi connectivity index (χ0n) is 15.4. The number of urea groups is 1. The molecule has 0 spiro atoms. The molecule has 1 aliphatic heterocycles. The van der Waals surface area contributed by atoms with Crippen LogP contribution in [0.5, 0.6) is 0 Å². The van der Waals surface area contributed by atoms with Crippen molar-refractivity contribution in [3.63, 3.8) is 0 Å². The van der Waals surface area contributed by atoms with Crippen LogP contribution < -0.4 is 15.1 Å². The van der Waals surface area contributed by atoms with Crippen molar-refractivity contribution in [1.29, 1.82) is 0 Å². The molecule has 148 valence electrons. The minimum absolute atomic E-state index is 0.0687. The molecular formula is C19H15FN4O5. The van der Waals surface area contributed by atoms with Gasteiger partial charge in [0, 0.05) is 37.5 Å². The lowest BCUT2D eigenvalue weighted by Gasteiger charge is -2.26. The Morgan fingerprint density at radius 2 is 1.76 bits per heavy atom. The number of halogens is 1. The van der Waals surface area contributed by atoms with E-state index in [0.29, 0.717) is 10.6 Å². The number of carbonyl (C=O) groups is 3. The lowest BCUT2D eigenvalue weighted by atomic mass is 10.0. The molecule has 0 radical (unpaired) electrons. The highest BCUT2D eigenvalue weighted by Crippen LogP contribution is 2.28. The van der Waals surface area contributed by atoms with Gasteiger partial charge in [-0.2, -0.15) is 0 Å². The van der Waals surface area contributed by atoms with Gasteiger partial charge in [-0.3, -0.25) is 25.0 Å². The van der Waals surface area contributed by atoms with Crippen LogP contribution in [0, 0.1) is 15.9 Å². The number of non-ortho nitro benzene ring substituents is 1. The second-order valence-corrected chi connectivity index (χ2v) is 6.33. The van der Waals surface area contributed by atoms with E-state index in [1.807, 2.05) is 5.32 Å². The third-order valence-electron chi connectivity index (χ3n) is 4.19. The maximum absolute atomic E-state index is 13.2. The fourth-order valence-electron chi connectivity index (χ4n) is 2.82. The molecule has 1 fully saturated rings. The van der Waals surface area contributed by atoms with Crippen LogP contribution in [0.3, 0.4) is 0 Å². The molecule has 9 nitrogen and oxygen atoms in total. The summed E-state index contributed by atoms with van der Waals surface area (Å²) in [6.07, 6.45) is 1.18. The van der Waals surface area contributed by atoms with Gasteiger partial charge in [0.15, 0.2) is 0 Å². The number of carbonyl (C=O) groups excluding carboxylic acids is 3. The van der Waals surface area contributed by atoms with Crippen molar-refractivity contribution in [2.45, 2.75) is 0 Å². The average molecular weight is 398 g/mol. The Hall–Kier alpha value is -4.08. The largest absolute Gasteiger partial charge is 0.377 e. The minimum Gasteiger partial charge on any atom is -0.377 e. The van der Waals surface area contributed by atoms with Gasteiger partial charge in [0.25, 0.3) is 17.5 Å². The van der Waals surface area contributed by atoms with Crippen molar-refractivity contribution < 1.29 is 23.7 Å². The van der Waals surface area contributed by atoms with Crippen LogP contribution in [0.1, 0.15) is 5.56 Å². The highest BCUT2D eigenvalue weighted by atomic mass is 19.1. The van der Waals surface area contributed by atoms with Gasteiger partial charge in [-0.05, 0) is 36.4 Å². The topological polar surface area (TPSA) is 113 Å². The standard InChI is InChI=1S/C19H15FN4O5/c1-22(2)16-8-7-14(24(28)29)9-11(16)10-15-17(25)21-19(27)23(18(15)26)13-5-3-12(20)4-6-13/h3-10H,1-2H3,(H,21,25,27)/b15-10-. The normalized spacial score (nSPS) is 15.5. The summed E-state index contributed by atoms with van der Waals surface area (Å²) >= 11 is 0. The van der Waals surface area contributed by atoms with Gasteiger partial charge >= 0.3 is 6.03 Å². The molecule has 1 saturated heterocycles. The number of anilines is 2. The van der Waals surface area contributed by atoms with E-state index in [1.54, 1.807) is 19.0 Å². The molecule has 10 heteroatoms. The number of benzene rings is 2. The Morgan fingerprint density at radius 1 is 1.10 bits per heavy atom. The summed E-state index contributed by atoms with van der Waals surface area (Å²) in [6.45, 7) is 0. The van der Waals surface area contributed by atoms with E-state index < -0.39 is 34.2 Å². The van der Waals surface area contributed by atoms with Gasteiger partial charge in [-0.25, -0.2) is 14.1 Å². The number of hydrogen-bond donors (Lipinski definition) is 1. The fraction of sp³-hybridized carbons (Fsp3) is 0.105. The SMILES string of the molecule is CN(C)c1ccc([N+](=O)[O-])cc1/C=C1/C(=O)NC(=O)N(c2ccc(F)cc2)C1=O. The molecule has 0 unspecified atom stereocenters. The van der Waals surface area contributed by atoms with Crippen LogP contribution >= 0.6 is 0 Å². The van der Waals surface area contributed by atoms with Crippen molar-refractivity contribution in [2.75, 3.05) is 23.9 Å². The first-order valence-electron chi connectivity index (χ1n) is 8.32. The van der Waals surface area contributed by atoms with Crippen LogP contribution in [0.25, 0.3) is 6.08 Å². The van der Waals surface area contributed by atoms with Gasteiger partial charge in [-0.1, -0.05) is 0 Å². The number of nitro groups is 1. The van der Waals surface area contributed by atoms with Crippen LogP contribution in [0.4, 0.5) is 26.2 Å². The summed E-state index contributed by atoms with van der Waals surface area (Å²) in [5, 5.41) is 13.2. The molecule has 0 atom stereocenters. The highest BCUT2D eigenvalue weighted by molar-refractivity contribution is 6.39. The van der Waals surface area contributed by atoms with Gasteiger partial charge in [0.1, 0.15) is 11.4 Å². The molecule has 29 heavy (non-hydrogen) atoms. The second kappa shape index (κ2) is 7.50. The van der Waals surface area contributed by atoms with Crippen LogP contribution in [0.15, 0.2) is 48.0 Å². The molecule has 3 rings (SSSR count). The molecule has 0 saturated carbocycles. The lowest BCUT2D eigenvalue weighted by Crippen LogP contribution is -2.54. The van der Waals surface area contributed by atoms with Crippen molar-refractivity contribution in [2.24, 2.45) is 0 Å². The third-order valence-corrected chi connectivity index (χ3v) is 4.19. The van der Waals surface area contributed by atoms with E-state index in [0.717, 1.165) is 12.1 Å². The molecule has 1 aliphatic rings. The fourth-order valence-corrected chi connectivity index (χ4v) is 2.82. The van der Waals surface area contributed by atoms with E-state index in [9.17, 15) is 28.9 Å². The molecule has 2 aromatic rings. The Balaban J connectivity index is 2.10. The van der Waals surface area contributed by atoms with Crippen molar-refractivity contribution in [1.82, 2.24) is 5.32 Å². The first-order chi connectivity index (χ1) is 13.7. The quantitative estimate of drug-likeness (QED) is 0.366. The van der Waals surface area contributed by atoms with E-state index in [4.69, 9.17) is 0 Å². The average Bonchev–Trinajstić information content (AvgIpc) is 2.66. The van der Waals surface area contributed by atoms with E-state index in [1.165, 1.54) is 36.4 Å². The number of nitrogens with one attached hydrogen (secondary N) is 1. The second-order valence-electron chi connectivity index (χ2n) is 6.33. The number of nitrogens with zero attached hydrogens (tertiary/aromatic N) is 3. The van der Waals surface area contributed by atoms with E-state index in [-0.39, 0.29) is 16.9 Å². The minimum atomic E-state index is -0.976. The number of hydrogen-bond acceptors (Lipinski definition) is 6. The van der Waals surface area contributed by atoms with Gasteiger partial charge in [-0.15, -0.1) is 0 Å². The molecular weight excluding hydrogens is 383 g/mol. The third kappa shape index (κ3) is 3.81. The smallest absolute Gasteiger partial charge is 0.335 e. The van der Waals surface area contributed by atoms with Crippen molar-refractivity contribution in [3.05, 3.63) is 69.5 Å². The number of rotatable bonds is 4. The zero-order valence-corrected chi connectivity index (χ0v) is 15.4. The molecule has 0 aromatic heterocycles. The zero-order chi connectivity index (χ0) is 21.3. The number of amides is 4. The summed E-state index contributed by atoms with van der Waals surface area (Å²) in [7, 11) is 3.39. The lowest BCUT2D eigenvalue weighted by molar-refractivity contribution is -0.384. The molecule has 1 N–H and O–H groups in total. The summed E-state index contributed by atoms with van der Waals surface area (Å²) in [6, 6.07) is 7.61. The number of barbiturate groups is 1. The Morgan fingerprint density at radius 3 is 2.34 bits per heavy atom. The first-order valence-corrected chi connectivity index (χ1v) is 8.32. The Kier molecular flexibility index (Phi) is 5.09. The molecule has 0 aliphatic carbocycles. The van der Waals surface area contributed by atoms with Crippen molar-refractivity contribution >= 4 is 41.0 Å². The van der Waals surface area contributed by atoms with Crippen LogP contribution in [0.2, 0.25) is 0 Å². The summed E-state index contributed by atoms with van der Waals surface area (Å²) < 4.78 is 13.2. The number of nitro benzene ring substituents is 1. The summed E-state index contributed by atoms with van der Waals surface area (Å²) in [5.41, 5.74) is 0.222. The van der Waals surface area contributed by atoms with Crippen LogP contribution in [-0.4, -0.2) is 36.9 Å². The van der Waals surface area contributed by atoms with E-state index in [2.05, 4.69) is 0 Å². The van der Waals surface area contributed by atoms with Crippen LogP contribution in [-0.2, 0) is 9.59 Å². The number of imide groups is 2. The maximum atomic E-state index is 13.2. The predicted octanol–water partition coefficient (Wildman–Crippen LogP) is 2.47. The molecule has 0 bridgehead atoms. The molecule has 2 aromatic carbocycles. The van der Waals surface area contributed by atoms with Gasteiger partial charge in [0.2, 0.25) is 0 Å². The highest BCUT2D eigenvalue weighted by Gasteiger charge is 2.37. The van der Waals surface area contributed by atoms with Gasteiger partial charge in [0.05, 0.1) is 10.6 Å². The Bertz CT molecular complexity index is 1060. The first kappa shape index (κ1) is 19.7. The molecule has 1 heterocycles. The predicted molar refractivity (Wildman–Crippen MR) is 103 cm³/mol. The van der Waals surface area contributed by atoms with Crippen molar-refractivity contribution in [3.8, 4) is 0 Å². The maximum Gasteiger partial charge on any atom is 0.335 e. The molecule has 4 amide bonds. The van der Waals surface area contributed by atoms with Gasteiger partial charge < -0.3 is 4.90 Å². The summed E-state index contributed by atoms with van der Waals surface area (Å²) in [4.78, 5) is 50.2.